The van der Waals surface area contributed by atoms with E-state index in [2.05, 4.69) is 44.9 Å². The Balaban J connectivity index is 1.47. The molecule has 1 fully saturated rings. The highest BCUT2D eigenvalue weighted by Gasteiger charge is 2.24. The Morgan fingerprint density at radius 3 is 2.56 bits per heavy atom. The van der Waals surface area contributed by atoms with E-state index in [0.29, 0.717) is 5.69 Å². The molecule has 0 radical (unpaired) electrons. The van der Waals surface area contributed by atoms with Crippen LogP contribution in [0.2, 0.25) is 0 Å². The Hall–Kier alpha value is -2.47. The number of likely N-dealkylation sites (N-methyl/N-ethyl adjacent to an activating group) is 1. The number of nitrogens with zero attached hydrogens (tertiary/aromatic N) is 5. The van der Waals surface area contributed by atoms with Gasteiger partial charge in [-0.15, -0.1) is 0 Å². The van der Waals surface area contributed by atoms with E-state index >= 15 is 0 Å². The van der Waals surface area contributed by atoms with Crippen LogP contribution in [0.25, 0.3) is 0 Å². The summed E-state index contributed by atoms with van der Waals surface area (Å²) in [5.74, 6) is 0.786. The normalized spacial score (nSPS) is 17.6. The van der Waals surface area contributed by atoms with Crippen molar-refractivity contribution in [3.8, 4) is 0 Å². The van der Waals surface area contributed by atoms with Crippen LogP contribution in [0, 0.1) is 0 Å². The van der Waals surface area contributed by atoms with Gasteiger partial charge in [-0.2, -0.15) is 0 Å². The molecule has 0 N–H and O–H groups in total. The molecule has 0 bridgehead atoms. The van der Waals surface area contributed by atoms with Crippen molar-refractivity contribution in [2.24, 2.45) is 0 Å². The molecule has 3 heterocycles. The number of piperazine rings is 1. The fraction of sp³-hybridized carbons (Fsp3) is 0.421. The Morgan fingerprint density at radius 1 is 1.04 bits per heavy atom. The van der Waals surface area contributed by atoms with E-state index in [1.165, 1.54) is 11.3 Å². The number of anilines is 2. The Morgan fingerprint density at radius 2 is 1.84 bits per heavy atom. The van der Waals surface area contributed by atoms with Crippen molar-refractivity contribution in [1.29, 1.82) is 0 Å². The lowest BCUT2D eigenvalue weighted by atomic mass is 10.2. The highest BCUT2D eigenvalue weighted by Crippen LogP contribution is 2.32. The highest BCUT2D eigenvalue weighted by atomic mass is 16.2. The maximum atomic E-state index is 12.6. The minimum atomic E-state index is -0.0170. The highest BCUT2D eigenvalue weighted by molar-refractivity contribution is 5.92. The van der Waals surface area contributed by atoms with E-state index in [4.69, 9.17) is 0 Å². The molecule has 25 heavy (non-hydrogen) atoms. The van der Waals surface area contributed by atoms with Gasteiger partial charge < -0.3 is 14.7 Å². The number of rotatable bonds is 3. The monoisotopic (exact) mass is 337 g/mol. The zero-order chi connectivity index (χ0) is 17.2. The molecule has 1 aromatic heterocycles. The summed E-state index contributed by atoms with van der Waals surface area (Å²) in [5, 5.41) is 0. The molecule has 0 atom stereocenters. The molecule has 1 saturated heterocycles. The van der Waals surface area contributed by atoms with Crippen LogP contribution in [-0.2, 0) is 6.42 Å². The van der Waals surface area contributed by atoms with Crippen LogP contribution in [-0.4, -0.2) is 64.9 Å². The summed E-state index contributed by atoms with van der Waals surface area (Å²) in [4.78, 5) is 27.9. The van der Waals surface area contributed by atoms with E-state index in [1.807, 2.05) is 11.0 Å². The predicted octanol–water partition coefficient (Wildman–Crippen LogP) is 1.95. The number of benzene rings is 1. The van der Waals surface area contributed by atoms with Crippen LogP contribution < -0.4 is 4.90 Å². The first-order valence-corrected chi connectivity index (χ1v) is 8.95. The molecule has 0 spiro atoms. The zero-order valence-electron chi connectivity index (χ0n) is 14.6. The number of amides is 1. The van der Waals surface area contributed by atoms with Gasteiger partial charge in [0.15, 0.2) is 5.82 Å². The van der Waals surface area contributed by atoms with Gasteiger partial charge in [0.2, 0.25) is 0 Å². The Bertz CT molecular complexity index is 753. The third-order valence-corrected chi connectivity index (χ3v) is 5.13. The summed E-state index contributed by atoms with van der Waals surface area (Å²) < 4.78 is 0. The van der Waals surface area contributed by atoms with Gasteiger partial charge in [-0.25, -0.2) is 9.97 Å². The average molecular weight is 337 g/mol. The van der Waals surface area contributed by atoms with Crippen LogP contribution in [0.5, 0.6) is 0 Å². The molecule has 6 nitrogen and oxygen atoms in total. The van der Waals surface area contributed by atoms with Gasteiger partial charge in [0.25, 0.3) is 5.91 Å². The summed E-state index contributed by atoms with van der Waals surface area (Å²) in [5.41, 5.74) is 2.95. The van der Waals surface area contributed by atoms with E-state index in [0.717, 1.165) is 51.5 Å². The third-order valence-electron chi connectivity index (χ3n) is 5.13. The van der Waals surface area contributed by atoms with Gasteiger partial charge in [-0.1, -0.05) is 25.1 Å². The van der Waals surface area contributed by atoms with Gasteiger partial charge in [0.05, 0.1) is 12.4 Å². The summed E-state index contributed by atoms with van der Waals surface area (Å²) in [7, 11) is 0. The summed E-state index contributed by atoms with van der Waals surface area (Å²) in [6, 6.07) is 8.36. The van der Waals surface area contributed by atoms with Crippen molar-refractivity contribution in [2.75, 3.05) is 44.2 Å². The van der Waals surface area contributed by atoms with Crippen LogP contribution in [0.4, 0.5) is 11.5 Å². The summed E-state index contributed by atoms with van der Waals surface area (Å²) in [6.45, 7) is 7.47. The van der Waals surface area contributed by atoms with Crippen molar-refractivity contribution in [3.05, 3.63) is 47.9 Å². The quantitative estimate of drug-likeness (QED) is 0.857. The SMILES string of the molecule is CCN1CCN(C(=O)c2cnc(N3CCc4ccccc43)cn2)CC1. The first-order chi connectivity index (χ1) is 12.3. The smallest absolute Gasteiger partial charge is 0.274 e. The number of fused-ring (bicyclic) bond motifs is 1. The molecular weight excluding hydrogens is 314 g/mol. The maximum absolute atomic E-state index is 12.6. The minimum absolute atomic E-state index is 0.0170. The van der Waals surface area contributed by atoms with Crippen LogP contribution in [0.15, 0.2) is 36.7 Å². The van der Waals surface area contributed by atoms with Crippen molar-refractivity contribution >= 4 is 17.4 Å². The Labute approximate surface area is 148 Å². The first-order valence-electron chi connectivity index (χ1n) is 8.95. The number of hydrogen-bond acceptors (Lipinski definition) is 5. The molecule has 2 aromatic rings. The van der Waals surface area contributed by atoms with Crippen molar-refractivity contribution in [1.82, 2.24) is 19.8 Å². The summed E-state index contributed by atoms with van der Waals surface area (Å²) >= 11 is 0. The minimum Gasteiger partial charge on any atom is -0.335 e. The van der Waals surface area contributed by atoms with Crippen molar-refractivity contribution < 1.29 is 4.79 Å². The van der Waals surface area contributed by atoms with Gasteiger partial charge in [0, 0.05) is 38.4 Å². The second-order valence-electron chi connectivity index (χ2n) is 6.52. The molecule has 130 valence electrons. The number of aromatic nitrogens is 2. The first kappa shape index (κ1) is 16.0. The van der Waals surface area contributed by atoms with Gasteiger partial charge in [0.1, 0.15) is 5.69 Å². The van der Waals surface area contributed by atoms with E-state index in [1.54, 1.807) is 12.4 Å². The molecule has 0 saturated carbocycles. The third kappa shape index (κ3) is 3.09. The van der Waals surface area contributed by atoms with Gasteiger partial charge in [-0.3, -0.25) is 4.79 Å². The number of carbonyl (C=O) groups is 1. The molecule has 0 aliphatic carbocycles. The van der Waals surface area contributed by atoms with E-state index < -0.39 is 0 Å². The maximum Gasteiger partial charge on any atom is 0.274 e. The second-order valence-corrected chi connectivity index (χ2v) is 6.52. The lowest BCUT2D eigenvalue weighted by Gasteiger charge is -2.33. The van der Waals surface area contributed by atoms with Crippen LogP contribution >= 0.6 is 0 Å². The molecule has 2 aliphatic rings. The van der Waals surface area contributed by atoms with E-state index in [-0.39, 0.29) is 5.91 Å². The van der Waals surface area contributed by atoms with Crippen molar-refractivity contribution in [3.63, 3.8) is 0 Å². The fourth-order valence-electron chi connectivity index (χ4n) is 3.58. The number of carbonyl (C=O) groups excluding carboxylic acids is 1. The average Bonchev–Trinajstić information content (AvgIpc) is 3.12. The zero-order valence-corrected chi connectivity index (χ0v) is 14.6. The fourth-order valence-corrected chi connectivity index (χ4v) is 3.58. The summed E-state index contributed by atoms with van der Waals surface area (Å²) in [6.07, 6.45) is 4.35. The van der Waals surface area contributed by atoms with Gasteiger partial charge in [-0.05, 0) is 24.6 Å². The lowest BCUT2D eigenvalue weighted by Crippen LogP contribution is -2.48. The lowest BCUT2D eigenvalue weighted by molar-refractivity contribution is 0.0637. The molecule has 0 unspecified atom stereocenters. The molecular formula is C19H23N5O. The predicted molar refractivity (Wildman–Crippen MR) is 97.2 cm³/mol. The standard InChI is InChI=1S/C19H23N5O/c1-2-22-9-11-23(12-10-22)19(25)16-13-21-18(14-20-16)24-8-7-15-5-3-4-6-17(15)24/h3-6,13-14H,2,7-12H2,1H3. The number of hydrogen-bond donors (Lipinski definition) is 0. The second kappa shape index (κ2) is 6.80. The topological polar surface area (TPSA) is 52.6 Å². The van der Waals surface area contributed by atoms with E-state index in [9.17, 15) is 4.79 Å². The number of para-hydroxylation sites is 1. The largest absolute Gasteiger partial charge is 0.335 e. The molecule has 6 heteroatoms. The molecule has 4 rings (SSSR count). The van der Waals surface area contributed by atoms with Crippen LogP contribution in [0.1, 0.15) is 23.0 Å². The van der Waals surface area contributed by atoms with Crippen LogP contribution in [0.3, 0.4) is 0 Å². The molecule has 1 aromatic carbocycles. The molecule has 1 amide bonds. The Kier molecular flexibility index (Phi) is 4.36. The van der Waals surface area contributed by atoms with Gasteiger partial charge >= 0.3 is 0 Å². The van der Waals surface area contributed by atoms with Crippen molar-refractivity contribution in [2.45, 2.75) is 13.3 Å². The molecule has 2 aliphatic heterocycles.